The highest BCUT2D eigenvalue weighted by molar-refractivity contribution is 5.92. The van der Waals surface area contributed by atoms with Crippen molar-refractivity contribution in [3.8, 4) is 5.88 Å². The van der Waals surface area contributed by atoms with E-state index in [0.717, 1.165) is 0 Å². The molecule has 1 rings (SSSR count). The number of aromatic nitrogens is 1. The fourth-order valence-electron chi connectivity index (χ4n) is 1.19. The summed E-state index contributed by atoms with van der Waals surface area (Å²) in [7, 11) is 0. The topological polar surface area (TPSA) is 74.4 Å². The summed E-state index contributed by atoms with van der Waals surface area (Å²) < 4.78 is 10.5. The molecule has 0 amide bonds. The number of nitrogens with two attached hydrogens (primary N) is 1. The van der Waals surface area contributed by atoms with E-state index in [1.54, 1.807) is 6.92 Å². The normalized spacial score (nSPS) is 11.1. The fourth-order valence-corrected chi connectivity index (χ4v) is 1.19. The third-order valence-corrected chi connectivity index (χ3v) is 1.77. The van der Waals surface area contributed by atoms with Crippen LogP contribution in [0, 0.1) is 0 Å². The molecule has 0 spiro atoms. The average molecular weight is 238 g/mol. The van der Waals surface area contributed by atoms with E-state index in [4.69, 9.17) is 15.2 Å². The van der Waals surface area contributed by atoms with Gasteiger partial charge in [0.15, 0.2) is 0 Å². The number of carbonyl (C=O) groups is 1. The number of hydrogen-bond donors (Lipinski definition) is 1. The third-order valence-electron chi connectivity index (χ3n) is 1.77. The fraction of sp³-hybridized carbons (Fsp3) is 0.500. The summed E-state index contributed by atoms with van der Waals surface area (Å²) in [5.74, 6) is -0.239. The first-order valence-corrected chi connectivity index (χ1v) is 5.45. The Morgan fingerprint density at radius 1 is 1.47 bits per heavy atom. The van der Waals surface area contributed by atoms with Crippen molar-refractivity contribution in [3.05, 3.63) is 17.8 Å². The molecule has 17 heavy (non-hydrogen) atoms. The molecular formula is C12H18N2O3. The first kappa shape index (κ1) is 13.3. The van der Waals surface area contributed by atoms with Crippen molar-refractivity contribution in [1.82, 2.24) is 4.98 Å². The summed E-state index contributed by atoms with van der Waals surface area (Å²) in [4.78, 5) is 15.7. The van der Waals surface area contributed by atoms with Crippen LogP contribution in [-0.2, 0) is 4.74 Å². The number of carbonyl (C=O) groups excluding carboxylic acids is 1. The molecular weight excluding hydrogens is 220 g/mol. The minimum absolute atomic E-state index is 0.241. The van der Waals surface area contributed by atoms with Crippen LogP contribution in [0.15, 0.2) is 12.3 Å². The Bertz CT molecular complexity index is 411. The van der Waals surface area contributed by atoms with Crippen molar-refractivity contribution in [2.75, 3.05) is 12.3 Å². The largest absolute Gasteiger partial charge is 0.471 e. The Morgan fingerprint density at radius 2 is 2.12 bits per heavy atom. The first-order chi connectivity index (χ1) is 7.83. The SMILES string of the molecule is CCOC(=O)c1cc(N)cnc1OC(C)(C)C. The lowest BCUT2D eigenvalue weighted by molar-refractivity contribution is 0.0510. The Kier molecular flexibility index (Phi) is 3.93. The second-order valence-electron chi connectivity index (χ2n) is 4.56. The summed E-state index contributed by atoms with van der Waals surface area (Å²) in [5, 5.41) is 0. The van der Waals surface area contributed by atoms with Crippen LogP contribution in [0.2, 0.25) is 0 Å². The molecule has 0 aliphatic carbocycles. The lowest BCUT2D eigenvalue weighted by atomic mass is 10.2. The molecule has 5 nitrogen and oxygen atoms in total. The zero-order chi connectivity index (χ0) is 13.1. The molecule has 94 valence electrons. The molecule has 0 bridgehead atoms. The predicted molar refractivity (Wildman–Crippen MR) is 65.0 cm³/mol. The van der Waals surface area contributed by atoms with E-state index >= 15 is 0 Å². The number of esters is 1. The average Bonchev–Trinajstić information content (AvgIpc) is 2.19. The summed E-state index contributed by atoms with van der Waals surface area (Å²) in [5.41, 5.74) is 5.81. The number of ether oxygens (including phenoxy) is 2. The van der Waals surface area contributed by atoms with Crippen LogP contribution in [0.25, 0.3) is 0 Å². The molecule has 0 aromatic carbocycles. The number of pyridine rings is 1. The summed E-state index contributed by atoms with van der Waals surface area (Å²) in [6, 6.07) is 1.51. The molecule has 0 fully saturated rings. The number of anilines is 1. The Morgan fingerprint density at radius 3 is 2.65 bits per heavy atom. The van der Waals surface area contributed by atoms with Crippen molar-refractivity contribution in [2.24, 2.45) is 0 Å². The van der Waals surface area contributed by atoms with Gasteiger partial charge in [0.05, 0.1) is 18.5 Å². The molecule has 2 N–H and O–H groups in total. The molecule has 0 saturated heterocycles. The van der Waals surface area contributed by atoms with E-state index in [0.29, 0.717) is 12.3 Å². The number of rotatable bonds is 3. The molecule has 0 aliphatic rings. The monoisotopic (exact) mass is 238 g/mol. The number of nitrogen functional groups attached to an aromatic ring is 1. The van der Waals surface area contributed by atoms with Gasteiger partial charge in [-0.25, -0.2) is 9.78 Å². The highest BCUT2D eigenvalue weighted by Gasteiger charge is 2.20. The van der Waals surface area contributed by atoms with Crippen molar-refractivity contribution < 1.29 is 14.3 Å². The van der Waals surface area contributed by atoms with Gasteiger partial charge < -0.3 is 15.2 Å². The van der Waals surface area contributed by atoms with E-state index in [1.165, 1.54) is 12.3 Å². The predicted octanol–water partition coefficient (Wildman–Crippen LogP) is 2.02. The van der Waals surface area contributed by atoms with Gasteiger partial charge in [0, 0.05) is 0 Å². The molecule has 0 radical (unpaired) electrons. The highest BCUT2D eigenvalue weighted by atomic mass is 16.5. The smallest absolute Gasteiger partial charge is 0.343 e. The second-order valence-corrected chi connectivity index (χ2v) is 4.56. The maximum Gasteiger partial charge on any atom is 0.343 e. The summed E-state index contributed by atoms with van der Waals surface area (Å²) >= 11 is 0. The molecule has 5 heteroatoms. The molecule has 1 aromatic heterocycles. The highest BCUT2D eigenvalue weighted by Crippen LogP contribution is 2.23. The van der Waals surface area contributed by atoms with Crippen LogP contribution >= 0.6 is 0 Å². The van der Waals surface area contributed by atoms with Crippen LogP contribution in [0.1, 0.15) is 38.1 Å². The van der Waals surface area contributed by atoms with Gasteiger partial charge in [-0.05, 0) is 33.8 Å². The molecule has 1 aromatic rings. The van der Waals surface area contributed by atoms with E-state index in [-0.39, 0.29) is 11.4 Å². The van der Waals surface area contributed by atoms with Gasteiger partial charge in [-0.1, -0.05) is 0 Å². The third kappa shape index (κ3) is 3.94. The van der Waals surface area contributed by atoms with Gasteiger partial charge >= 0.3 is 5.97 Å². The number of hydrogen-bond acceptors (Lipinski definition) is 5. The molecule has 0 unspecified atom stereocenters. The van der Waals surface area contributed by atoms with Crippen LogP contribution in [0.3, 0.4) is 0 Å². The van der Waals surface area contributed by atoms with Crippen molar-refractivity contribution in [2.45, 2.75) is 33.3 Å². The molecule has 0 saturated carbocycles. The quantitative estimate of drug-likeness (QED) is 0.815. The van der Waals surface area contributed by atoms with E-state index < -0.39 is 11.6 Å². The zero-order valence-corrected chi connectivity index (χ0v) is 10.6. The Hall–Kier alpha value is -1.78. The minimum Gasteiger partial charge on any atom is -0.471 e. The van der Waals surface area contributed by atoms with Crippen LogP contribution in [0.4, 0.5) is 5.69 Å². The molecule has 0 aliphatic heterocycles. The van der Waals surface area contributed by atoms with E-state index in [9.17, 15) is 4.79 Å². The number of nitrogens with zero attached hydrogens (tertiary/aromatic N) is 1. The standard InChI is InChI=1S/C12H18N2O3/c1-5-16-11(15)9-6-8(13)7-14-10(9)17-12(2,3)4/h6-7H,5,13H2,1-4H3. The van der Waals surface area contributed by atoms with E-state index in [1.807, 2.05) is 20.8 Å². The van der Waals surface area contributed by atoms with Crippen LogP contribution in [0.5, 0.6) is 5.88 Å². The van der Waals surface area contributed by atoms with Crippen molar-refractivity contribution in [1.29, 1.82) is 0 Å². The molecule has 1 heterocycles. The van der Waals surface area contributed by atoms with Gasteiger partial charge in [0.1, 0.15) is 11.2 Å². The van der Waals surface area contributed by atoms with E-state index in [2.05, 4.69) is 4.98 Å². The van der Waals surface area contributed by atoms with Crippen molar-refractivity contribution >= 4 is 11.7 Å². The Labute approximate surface area is 101 Å². The zero-order valence-electron chi connectivity index (χ0n) is 10.6. The second kappa shape index (κ2) is 5.03. The lowest BCUT2D eigenvalue weighted by Crippen LogP contribution is -2.25. The van der Waals surface area contributed by atoms with Crippen LogP contribution < -0.4 is 10.5 Å². The van der Waals surface area contributed by atoms with Gasteiger partial charge in [0.2, 0.25) is 5.88 Å². The minimum atomic E-state index is -0.480. The summed E-state index contributed by atoms with van der Waals surface area (Å²) in [6.07, 6.45) is 1.45. The van der Waals surface area contributed by atoms with Gasteiger partial charge in [-0.2, -0.15) is 0 Å². The maximum absolute atomic E-state index is 11.7. The maximum atomic E-state index is 11.7. The van der Waals surface area contributed by atoms with Gasteiger partial charge in [-0.3, -0.25) is 0 Å². The van der Waals surface area contributed by atoms with Gasteiger partial charge in [-0.15, -0.1) is 0 Å². The molecule has 0 atom stereocenters. The van der Waals surface area contributed by atoms with Crippen molar-refractivity contribution in [3.63, 3.8) is 0 Å². The van der Waals surface area contributed by atoms with Crippen LogP contribution in [-0.4, -0.2) is 23.2 Å². The van der Waals surface area contributed by atoms with Gasteiger partial charge in [0.25, 0.3) is 0 Å². The lowest BCUT2D eigenvalue weighted by Gasteiger charge is -2.21. The first-order valence-electron chi connectivity index (χ1n) is 5.45. The summed E-state index contributed by atoms with van der Waals surface area (Å²) in [6.45, 7) is 7.66. The Balaban J connectivity index is 3.08.